The molecule has 0 saturated carbocycles. The normalized spacial score (nSPS) is 10.5. The van der Waals surface area contributed by atoms with E-state index in [-0.39, 0.29) is 12.1 Å². The fourth-order valence-electron chi connectivity index (χ4n) is 1.63. The van der Waals surface area contributed by atoms with Crippen LogP contribution in [0.15, 0.2) is 41.3 Å². The first-order valence-electron chi connectivity index (χ1n) is 5.18. The van der Waals surface area contributed by atoms with Gasteiger partial charge in [-0.1, -0.05) is 23.7 Å². The van der Waals surface area contributed by atoms with E-state index < -0.39 is 5.82 Å². The minimum Gasteiger partial charge on any atom is -0.311 e. The Hall–Kier alpha value is -1.61. The third-order valence-corrected chi connectivity index (χ3v) is 2.88. The summed E-state index contributed by atoms with van der Waals surface area (Å²) in [5, 5.41) is 0.332. The largest absolute Gasteiger partial charge is 0.311 e. The van der Waals surface area contributed by atoms with E-state index in [4.69, 9.17) is 11.6 Å². The number of aromatic nitrogens is 1. The fraction of sp³-hybridized carbons (Fsp3) is 0.154. The Balaban J connectivity index is 2.45. The smallest absolute Gasteiger partial charge is 0.250 e. The summed E-state index contributed by atoms with van der Waals surface area (Å²) in [5.41, 5.74) is 1.11. The lowest BCUT2D eigenvalue weighted by molar-refractivity contribution is 0.596. The molecule has 2 aromatic rings. The maximum atomic E-state index is 13.6. The third-order valence-electron chi connectivity index (χ3n) is 2.52. The molecule has 0 aliphatic heterocycles. The lowest BCUT2D eigenvalue weighted by Crippen LogP contribution is -2.19. The Morgan fingerprint density at radius 3 is 2.76 bits per heavy atom. The van der Waals surface area contributed by atoms with Crippen molar-refractivity contribution in [3.63, 3.8) is 0 Å². The van der Waals surface area contributed by atoms with E-state index in [1.807, 2.05) is 6.92 Å². The van der Waals surface area contributed by atoms with Gasteiger partial charge in [-0.05, 0) is 24.6 Å². The van der Waals surface area contributed by atoms with Crippen LogP contribution in [0.2, 0.25) is 5.02 Å². The molecule has 0 aliphatic carbocycles. The maximum Gasteiger partial charge on any atom is 0.250 e. The van der Waals surface area contributed by atoms with Crippen LogP contribution >= 0.6 is 11.6 Å². The lowest BCUT2D eigenvalue weighted by Gasteiger charge is -2.09. The first kappa shape index (κ1) is 11.9. The van der Waals surface area contributed by atoms with Crippen LogP contribution in [0.5, 0.6) is 0 Å². The Kier molecular flexibility index (Phi) is 3.29. The van der Waals surface area contributed by atoms with Crippen molar-refractivity contribution in [3.8, 4) is 0 Å². The lowest BCUT2D eigenvalue weighted by atomic mass is 10.2. The molecule has 1 aromatic heterocycles. The van der Waals surface area contributed by atoms with E-state index in [2.05, 4.69) is 0 Å². The molecule has 0 N–H and O–H groups in total. The van der Waals surface area contributed by atoms with Crippen LogP contribution in [0, 0.1) is 12.7 Å². The highest BCUT2D eigenvalue weighted by Gasteiger charge is 2.08. The molecule has 4 heteroatoms. The summed E-state index contributed by atoms with van der Waals surface area (Å²) < 4.78 is 15.0. The van der Waals surface area contributed by atoms with Crippen LogP contribution in [-0.4, -0.2) is 4.57 Å². The fourth-order valence-corrected chi connectivity index (χ4v) is 1.85. The highest BCUT2D eigenvalue weighted by molar-refractivity contribution is 6.31. The highest BCUT2D eigenvalue weighted by atomic mass is 35.5. The van der Waals surface area contributed by atoms with Crippen LogP contribution in [0.25, 0.3) is 0 Å². The Morgan fingerprint density at radius 2 is 2.06 bits per heavy atom. The predicted molar refractivity (Wildman–Crippen MR) is 66.0 cm³/mol. The number of aryl methyl sites for hydroxylation is 1. The van der Waals surface area contributed by atoms with Crippen LogP contribution in [0.3, 0.4) is 0 Å². The van der Waals surface area contributed by atoms with Gasteiger partial charge in [0, 0.05) is 22.8 Å². The molecule has 0 atom stereocenters. The average Bonchev–Trinajstić information content (AvgIpc) is 2.28. The molecule has 0 spiro atoms. The molecule has 0 saturated heterocycles. The van der Waals surface area contributed by atoms with E-state index in [9.17, 15) is 9.18 Å². The Labute approximate surface area is 103 Å². The van der Waals surface area contributed by atoms with Crippen molar-refractivity contribution in [3.05, 3.63) is 68.8 Å². The monoisotopic (exact) mass is 251 g/mol. The first-order valence-corrected chi connectivity index (χ1v) is 5.56. The zero-order valence-corrected chi connectivity index (χ0v) is 10.0. The summed E-state index contributed by atoms with van der Waals surface area (Å²) >= 11 is 5.92. The summed E-state index contributed by atoms with van der Waals surface area (Å²) in [4.78, 5) is 11.6. The SMILES string of the molecule is Cc1ccc(=O)n(Cc2c(F)cccc2Cl)c1. The highest BCUT2D eigenvalue weighted by Crippen LogP contribution is 2.19. The van der Waals surface area contributed by atoms with Crippen molar-refractivity contribution in [2.45, 2.75) is 13.5 Å². The number of pyridine rings is 1. The van der Waals surface area contributed by atoms with Crippen LogP contribution < -0.4 is 5.56 Å². The van der Waals surface area contributed by atoms with Crippen molar-refractivity contribution in [2.75, 3.05) is 0 Å². The van der Waals surface area contributed by atoms with Gasteiger partial charge < -0.3 is 4.57 Å². The van der Waals surface area contributed by atoms with Gasteiger partial charge in [0.2, 0.25) is 0 Å². The standard InChI is InChI=1S/C13H11ClFNO/c1-9-5-6-13(17)16(7-9)8-10-11(14)3-2-4-12(10)15/h2-7H,8H2,1H3. The number of nitrogens with zero attached hydrogens (tertiary/aromatic N) is 1. The van der Waals surface area contributed by atoms with Crippen LogP contribution in [0.1, 0.15) is 11.1 Å². The van der Waals surface area contributed by atoms with Gasteiger partial charge in [0.1, 0.15) is 5.82 Å². The number of halogens is 2. The molecule has 0 aliphatic rings. The topological polar surface area (TPSA) is 22.0 Å². The predicted octanol–water partition coefficient (Wildman–Crippen LogP) is 3.00. The van der Waals surface area contributed by atoms with E-state index in [0.717, 1.165) is 5.56 Å². The second kappa shape index (κ2) is 4.72. The number of hydrogen-bond donors (Lipinski definition) is 0. The number of hydrogen-bond acceptors (Lipinski definition) is 1. The van der Waals surface area contributed by atoms with Crippen LogP contribution in [-0.2, 0) is 6.54 Å². The van der Waals surface area contributed by atoms with E-state index >= 15 is 0 Å². The minimum absolute atomic E-state index is 0.145. The number of rotatable bonds is 2. The van der Waals surface area contributed by atoms with Gasteiger partial charge >= 0.3 is 0 Å². The van der Waals surface area contributed by atoms with Crippen molar-refractivity contribution >= 4 is 11.6 Å². The van der Waals surface area contributed by atoms with Gasteiger partial charge in [-0.15, -0.1) is 0 Å². The quantitative estimate of drug-likeness (QED) is 0.804. The Morgan fingerprint density at radius 1 is 1.29 bits per heavy atom. The summed E-state index contributed by atoms with van der Waals surface area (Å²) in [6.45, 7) is 2.02. The van der Waals surface area contributed by atoms with Crippen molar-refractivity contribution in [1.82, 2.24) is 4.57 Å². The van der Waals surface area contributed by atoms with Crippen molar-refractivity contribution < 1.29 is 4.39 Å². The molecule has 1 aromatic carbocycles. The van der Waals surface area contributed by atoms with Crippen molar-refractivity contribution in [2.24, 2.45) is 0 Å². The number of benzene rings is 1. The molecule has 17 heavy (non-hydrogen) atoms. The van der Waals surface area contributed by atoms with Crippen LogP contribution in [0.4, 0.5) is 4.39 Å². The van der Waals surface area contributed by atoms with E-state index in [1.165, 1.54) is 16.7 Å². The van der Waals surface area contributed by atoms with Gasteiger partial charge in [-0.25, -0.2) is 4.39 Å². The molecule has 0 fully saturated rings. The van der Waals surface area contributed by atoms with Crippen molar-refractivity contribution in [1.29, 1.82) is 0 Å². The van der Waals surface area contributed by atoms with Gasteiger partial charge in [0.05, 0.1) is 6.54 Å². The molecule has 0 radical (unpaired) electrons. The van der Waals surface area contributed by atoms with E-state index in [1.54, 1.807) is 24.4 Å². The summed E-state index contributed by atoms with van der Waals surface area (Å²) in [6, 6.07) is 7.68. The molecule has 88 valence electrons. The molecule has 2 rings (SSSR count). The molecular formula is C13H11ClFNO. The third kappa shape index (κ3) is 2.56. The molecule has 0 unspecified atom stereocenters. The maximum absolute atomic E-state index is 13.6. The van der Waals surface area contributed by atoms with Gasteiger partial charge in [-0.3, -0.25) is 4.79 Å². The Bertz CT molecular complexity index is 586. The molecule has 1 heterocycles. The summed E-state index contributed by atoms with van der Waals surface area (Å²) in [7, 11) is 0. The zero-order valence-electron chi connectivity index (χ0n) is 9.28. The van der Waals surface area contributed by atoms with Gasteiger partial charge in [0.25, 0.3) is 5.56 Å². The zero-order chi connectivity index (χ0) is 12.4. The summed E-state index contributed by atoms with van der Waals surface area (Å²) in [5.74, 6) is -0.397. The molecule has 0 amide bonds. The van der Waals surface area contributed by atoms with Gasteiger partial charge in [-0.2, -0.15) is 0 Å². The second-order valence-electron chi connectivity index (χ2n) is 3.87. The minimum atomic E-state index is -0.397. The molecule has 2 nitrogen and oxygen atoms in total. The summed E-state index contributed by atoms with van der Waals surface area (Å²) in [6.07, 6.45) is 1.69. The second-order valence-corrected chi connectivity index (χ2v) is 4.28. The van der Waals surface area contributed by atoms with E-state index in [0.29, 0.717) is 10.6 Å². The first-order chi connectivity index (χ1) is 8.08. The molecule has 0 bridgehead atoms. The van der Waals surface area contributed by atoms with Gasteiger partial charge in [0.15, 0.2) is 0 Å². The molecular weight excluding hydrogens is 241 g/mol. The average molecular weight is 252 g/mol.